The van der Waals surface area contributed by atoms with E-state index in [0.29, 0.717) is 23.5 Å². The lowest BCUT2D eigenvalue weighted by molar-refractivity contribution is 0.282. The van der Waals surface area contributed by atoms with Gasteiger partial charge in [-0.2, -0.15) is 0 Å². The van der Waals surface area contributed by atoms with Gasteiger partial charge in [0.05, 0.1) is 7.11 Å². The second kappa shape index (κ2) is 4.78. The zero-order chi connectivity index (χ0) is 14.3. The molecule has 0 saturated heterocycles. The first kappa shape index (κ1) is 12.9. The van der Waals surface area contributed by atoms with Gasteiger partial charge in [0.15, 0.2) is 0 Å². The van der Waals surface area contributed by atoms with E-state index in [1.165, 1.54) is 12.1 Å². The average Bonchev–Trinajstić information content (AvgIpc) is 2.78. The van der Waals surface area contributed by atoms with Crippen LogP contribution in [0, 0.1) is 18.6 Å². The molecule has 3 rings (SSSR count). The van der Waals surface area contributed by atoms with Crippen LogP contribution in [0.2, 0.25) is 0 Å². The third-order valence-corrected chi connectivity index (χ3v) is 3.33. The Bertz CT molecular complexity index is 668. The lowest BCUT2D eigenvalue weighted by atomic mass is 9.99. The summed E-state index contributed by atoms with van der Waals surface area (Å²) in [7, 11) is 1.55. The Kier molecular flexibility index (Phi) is 3.08. The fourth-order valence-electron chi connectivity index (χ4n) is 2.43. The minimum absolute atomic E-state index is 0.209. The van der Waals surface area contributed by atoms with Crippen LogP contribution < -0.4 is 9.47 Å². The van der Waals surface area contributed by atoms with Crippen molar-refractivity contribution in [3.8, 4) is 22.6 Å². The van der Waals surface area contributed by atoms with Crippen molar-refractivity contribution in [2.75, 3.05) is 7.11 Å². The van der Waals surface area contributed by atoms with Crippen molar-refractivity contribution in [2.45, 2.75) is 12.5 Å². The first-order valence-corrected chi connectivity index (χ1v) is 6.24. The van der Waals surface area contributed by atoms with Gasteiger partial charge in [0.2, 0.25) is 0 Å². The van der Waals surface area contributed by atoms with Crippen molar-refractivity contribution in [1.29, 1.82) is 0 Å². The van der Waals surface area contributed by atoms with E-state index in [0.717, 1.165) is 11.6 Å². The summed E-state index contributed by atoms with van der Waals surface area (Å²) in [5, 5.41) is 0. The lowest BCUT2D eigenvalue weighted by Crippen LogP contribution is -2.06. The average molecular weight is 275 g/mol. The lowest BCUT2D eigenvalue weighted by Gasteiger charge is -2.12. The number of methoxy groups -OCH3 is 1. The first-order valence-electron chi connectivity index (χ1n) is 6.24. The van der Waals surface area contributed by atoms with Gasteiger partial charge in [-0.15, -0.1) is 0 Å². The predicted molar refractivity (Wildman–Crippen MR) is 71.8 cm³/mol. The first-order chi connectivity index (χ1) is 9.58. The Morgan fingerprint density at radius 1 is 1.20 bits per heavy atom. The molecule has 0 N–H and O–H groups in total. The van der Waals surface area contributed by atoms with E-state index in [1.807, 2.05) is 6.07 Å². The fraction of sp³-hybridized carbons (Fsp3) is 0.188. The van der Waals surface area contributed by atoms with Gasteiger partial charge in [-0.25, -0.2) is 8.78 Å². The van der Waals surface area contributed by atoms with E-state index >= 15 is 0 Å². The summed E-state index contributed by atoms with van der Waals surface area (Å²) >= 11 is 0. The minimum Gasteiger partial charge on any atom is -0.497 e. The van der Waals surface area contributed by atoms with Crippen molar-refractivity contribution in [3.05, 3.63) is 54.5 Å². The highest BCUT2D eigenvalue weighted by molar-refractivity contribution is 5.75. The van der Waals surface area contributed by atoms with E-state index < -0.39 is 11.6 Å². The molecule has 1 aliphatic rings. The maximum absolute atomic E-state index is 14.0. The van der Waals surface area contributed by atoms with Crippen LogP contribution in [0.25, 0.3) is 11.1 Å². The van der Waals surface area contributed by atoms with Gasteiger partial charge in [0, 0.05) is 29.2 Å². The van der Waals surface area contributed by atoms with E-state index in [2.05, 4.69) is 6.92 Å². The molecule has 0 amide bonds. The summed E-state index contributed by atoms with van der Waals surface area (Å²) in [6, 6.07) is 7.02. The Labute approximate surface area is 116 Å². The fourth-order valence-corrected chi connectivity index (χ4v) is 2.43. The summed E-state index contributed by atoms with van der Waals surface area (Å²) in [5.41, 5.74) is 1.77. The van der Waals surface area contributed by atoms with E-state index in [4.69, 9.17) is 9.47 Å². The summed E-state index contributed by atoms with van der Waals surface area (Å²) < 4.78 is 37.9. The molecule has 0 saturated carbocycles. The van der Waals surface area contributed by atoms with E-state index in [-0.39, 0.29) is 11.7 Å². The standard InChI is InChI=1S/C16H13F2O2/c1-9-5-10-6-12(19-2)8-14(16(10)20-9)13-4-3-11(17)7-15(13)18/h3-4,6-9H,1,5H2,2H3. The van der Waals surface area contributed by atoms with Crippen LogP contribution in [0.1, 0.15) is 5.56 Å². The summed E-state index contributed by atoms with van der Waals surface area (Å²) in [5.74, 6) is -0.0326. The van der Waals surface area contributed by atoms with Gasteiger partial charge >= 0.3 is 0 Å². The highest BCUT2D eigenvalue weighted by Crippen LogP contribution is 2.42. The molecule has 0 spiro atoms. The smallest absolute Gasteiger partial charge is 0.134 e. The topological polar surface area (TPSA) is 18.5 Å². The van der Waals surface area contributed by atoms with Gasteiger partial charge in [-0.05, 0) is 31.2 Å². The zero-order valence-electron chi connectivity index (χ0n) is 11.0. The van der Waals surface area contributed by atoms with Gasteiger partial charge in [0.1, 0.15) is 29.2 Å². The van der Waals surface area contributed by atoms with Crippen LogP contribution in [0.4, 0.5) is 8.78 Å². The monoisotopic (exact) mass is 275 g/mol. The second-order valence-corrected chi connectivity index (χ2v) is 4.73. The highest BCUT2D eigenvalue weighted by atomic mass is 19.1. The quantitative estimate of drug-likeness (QED) is 0.830. The van der Waals surface area contributed by atoms with Gasteiger partial charge in [-0.3, -0.25) is 0 Å². The second-order valence-electron chi connectivity index (χ2n) is 4.73. The van der Waals surface area contributed by atoms with Gasteiger partial charge in [-0.1, -0.05) is 0 Å². The summed E-state index contributed by atoms with van der Waals surface area (Å²) in [6.45, 7) is 3.86. The number of hydrogen-bond donors (Lipinski definition) is 0. The molecule has 2 aromatic carbocycles. The van der Waals surface area contributed by atoms with Crippen molar-refractivity contribution in [2.24, 2.45) is 0 Å². The van der Waals surface area contributed by atoms with Crippen LogP contribution in [0.5, 0.6) is 11.5 Å². The molecule has 103 valence electrons. The van der Waals surface area contributed by atoms with Crippen LogP contribution in [-0.2, 0) is 6.42 Å². The van der Waals surface area contributed by atoms with E-state index in [9.17, 15) is 8.78 Å². The molecule has 20 heavy (non-hydrogen) atoms. The maximum Gasteiger partial charge on any atom is 0.134 e. The largest absolute Gasteiger partial charge is 0.497 e. The number of ether oxygens (including phenoxy) is 2. The molecule has 1 heterocycles. The van der Waals surface area contributed by atoms with Crippen molar-refractivity contribution < 1.29 is 18.3 Å². The molecule has 0 aromatic heterocycles. The number of halogens is 2. The highest BCUT2D eigenvalue weighted by Gasteiger charge is 2.25. The zero-order valence-corrected chi connectivity index (χ0v) is 11.0. The number of hydrogen-bond acceptors (Lipinski definition) is 2. The molecule has 0 aliphatic carbocycles. The molecule has 0 bridgehead atoms. The third kappa shape index (κ3) is 2.11. The van der Waals surface area contributed by atoms with Gasteiger partial charge < -0.3 is 9.47 Å². The maximum atomic E-state index is 14.0. The van der Waals surface area contributed by atoms with Gasteiger partial charge in [0.25, 0.3) is 0 Å². The molecule has 1 atom stereocenters. The van der Waals surface area contributed by atoms with Crippen LogP contribution in [-0.4, -0.2) is 13.2 Å². The number of fused-ring (bicyclic) bond motifs is 1. The Morgan fingerprint density at radius 3 is 2.70 bits per heavy atom. The SMILES string of the molecule is [CH2]C1Cc2cc(OC)cc(-c3ccc(F)cc3F)c2O1. The van der Waals surface area contributed by atoms with Crippen LogP contribution in [0.15, 0.2) is 30.3 Å². The van der Waals surface area contributed by atoms with Crippen LogP contribution >= 0.6 is 0 Å². The Hall–Kier alpha value is -2.10. The molecular formula is C16H13F2O2. The van der Waals surface area contributed by atoms with E-state index in [1.54, 1.807) is 13.2 Å². The van der Waals surface area contributed by atoms with Crippen molar-refractivity contribution in [3.63, 3.8) is 0 Å². The Morgan fingerprint density at radius 2 is 2.00 bits per heavy atom. The predicted octanol–water partition coefficient (Wildman–Crippen LogP) is 3.78. The molecular weight excluding hydrogens is 262 g/mol. The molecule has 1 unspecified atom stereocenters. The van der Waals surface area contributed by atoms with Crippen molar-refractivity contribution in [1.82, 2.24) is 0 Å². The molecule has 0 fully saturated rings. The number of rotatable bonds is 2. The molecule has 2 aromatic rings. The molecule has 2 nitrogen and oxygen atoms in total. The summed E-state index contributed by atoms with van der Waals surface area (Å²) in [6.07, 6.45) is 0.432. The molecule has 4 heteroatoms. The number of benzene rings is 2. The molecule has 1 radical (unpaired) electrons. The van der Waals surface area contributed by atoms with Crippen molar-refractivity contribution >= 4 is 0 Å². The normalized spacial score (nSPS) is 16.7. The third-order valence-electron chi connectivity index (χ3n) is 3.33. The summed E-state index contributed by atoms with van der Waals surface area (Å²) in [4.78, 5) is 0. The Balaban J connectivity index is 2.20. The minimum atomic E-state index is -0.628. The molecule has 1 aliphatic heterocycles. The van der Waals surface area contributed by atoms with Crippen LogP contribution in [0.3, 0.4) is 0 Å².